The van der Waals surface area contributed by atoms with E-state index < -0.39 is 0 Å². The first-order valence-electron chi connectivity index (χ1n) is 5.37. The van der Waals surface area contributed by atoms with Crippen LogP contribution in [0.4, 0.5) is 0 Å². The predicted octanol–water partition coefficient (Wildman–Crippen LogP) is 2.81. The smallest absolute Gasteiger partial charge is 0.133 e. The van der Waals surface area contributed by atoms with Gasteiger partial charge in [-0.25, -0.2) is 0 Å². The maximum atomic E-state index is 11.3. The van der Waals surface area contributed by atoms with Gasteiger partial charge in [-0.3, -0.25) is 4.79 Å². The Labute approximate surface area is 80.2 Å². The van der Waals surface area contributed by atoms with E-state index in [1.54, 1.807) is 0 Å². The molecular weight excluding hydrogens is 160 g/mol. The first-order valence-corrected chi connectivity index (χ1v) is 5.37. The van der Waals surface area contributed by atoms with E-state index in [1.165, 1.54) is 0 Å². The van der Waals surface area contributed by atoms with E-state index in [-0.39, 0.29) is 0 Å². The molecule has 1 saturated carbocycles. The molecule has 72 valence electrons. The summed E-state index contributed by atoms with van der Waals surface area (Å²) in [5.41, 5.74) is 0. The Hall–Kier alpha value is -0.590. The van der Waals surface area contributed by atoms with Crippen molar-refractivity contribution in [2.24, 2.45) is 23.7 Å². The quantitative estimate of drug-likeness (QED) is 0.564. The van der Waals surface area contributed by atoms with Crippen LogP contribution in [0.5, 0.6) is 0 Å². The predicted molar refractivity (Wildman–Crippen MR) is 53.3 cm³/mol. The molecule has 0 saturated heterocycles. The summed E-state index contributed by atoms with van der Waals surface area (Å²) in [4.78, 5) is 11.3. The van der Waals surface area contributed by atoms with Gasteiger partial charge in [0.1, 0.15) is 5.78 Å². The summed E-state index contributed by atoms with van der Waals surface area (Å²) in [6.07, 6.45) is 7.45. The van der Waals surface area contributed by atoms with E-state index >= 15 is 0 Å². The molecule has 2 aliphatic carbocycles. The number of hydrogen-bond donors (Lipinski definition) is 0. The molecule has 0 aromatic heterocycles. The zero-order valence-electron chi connectivity index (χ0n) is 8.49. The average Bonchev–Trinajstić information content (AvgIpc) is 2.43. The molecule has 0 amide bonds. The fourth-order valence-corrected chi connectivity index (χ4v) is 2.94. The van der Waals surface area contributed by atoms with E-state index in [2.05, 4.69) is 26.0 Å². The minimum absolute atomic E-state index is 0.490. The molecule has 0 aromatic rings. The molecule has 0 N–H and O–H groups in total. The van der Waals surface area contributed by atoms with Gasteiger partial charge < -0.3 is 0 Å². The van der Waals surface area contributed by atoms with Crippen molar-refractivity contribution in [3.63, 3.8) is 0 Å². The number of fused-ring (bicyclic) bond motifs is 1. The molecule has 0 aliphatic heterocycles. The molecule has 2 rings (SSSR count). The maximum absolute atomic E-state index is 11.3. The molecule has 1 heteroatoms. The third-order valence-corrected chi connectivity index (χ3v) is 3.62. The first-order chi connectivity index (χ1) is 6.18. The van der Waals surface area contributed by atoms with Gasteiger partial charge in [0, 0.05) is 12.8 Å². The van der Waals surface area contributed by atoms with Crippen molar-refractivity contribution in [3.8, 4) is 0 Å². The van der Waals surface area contributed by atoms with Gasteiger partial charge in [-0.1, -0.05) is 26.0 Å². The Balaban J connectivity index is 2.16. The summed E-state index contributed by atoms with van der Waals surface area (Å²) in [6.45, 7) is 4.53. The van der Waals surface area contributed by atoms with Gasteiger partial charge in [0.15, 0.2) is 0 Å². The lowest BCUT2D eigenvalue weighted by Gasteiger charge is -2.31. The molecule has 0 unspecified atom stereocenters. The Morgan fingerprint density at radius 1 is 1.38 bits per heavy atom. The van der Waals surface area contributed by atoms with Crippen LogP contribution in [0.25, 0.3) is 0 Å². The largest absolute Gasteiger partial charge is 0.300 e. The minimum Gasteiger partial charge on any atom is -0.300 e. The number of hydrogen-bond acceptors (Lipinski definition) is 1. The number of carbonyl (C=O) groups is 1. The van der Waals surface area contributed by atoms with Crippen LogP contribution in [0.3, 0.4) is 0 Å². The number of ketones is 1. The summed E-state index contributed by atoms with van der Waals surface area (Å²) in [7, 11) is 0. The lowest BCUT2D eigenvalue weighted by molar-refractivity contribution is -0.117. The molecule has 0 radical (unpaired) electrons. The lowest BCUT2D eigenvalue weighted by atomic mass is 9.73. The monoisotopic (exact) mass is 178 g/mol. The van der Waals surface area contributed by atoms with Gasteiger partial charge in [-0.05, 0) is 30.1 Å². The van der Waals surface area contributed by atoms with Gasteiger partial charge in [0.05, 0.1) is 0 Å². The fraction of sp³-hybridized carbons (Fsp3) is 0.750. The van der Waals surface area contributed by atoms with Crippen LogP contribution in [0, 0.1) is 23.7 Å². The summed E-state index contributed by atoms with van der Waals surface area (Å²) in [5, 5.41) is 0. The highest BCUT2D eigenvalue weighted by atomic mass is 16.1. The van der Waals surface area contributed by atoms with E-state index in [4.69, 9.17) is 0 Å². The van der Waals surface area contributed by atoms with Crippen molar-refractivity contribution in [1.82, 2.24) is 0 Å². The molecule has 1 nitrogen and oxygen atoms in total. The molecule has 0 heterocycles. The second kappa shape index (κ2) is 3.28. The first kappa shape index (κ1) is 8.98. The molecule has 0 spiro atoms. The molecule has 13 heavy (non-hydrogen) atoms. The zero-order valence-corrected chi connectivity index (χ0v) is 8.49. The van der Waals surface area contributed by atoms with Crippen molar-refractivity contribution in [2.45, 2.75) is 33.1 Å². The van der Waals surface area contributed by atoms with Crippen LogP contribution < -0.4 is 0 Å². The lowest BCUT2D eigenvalue weighted by Crippen LogP contribution is -2.24. The maximum Gasteiger partial charge on any atom is 0.133 e. The van der Waals surface area contributed by atoms with E-state index in [0.717, 1.165) is 19.3 Å². The normalized spacial score (nSPS) is 38.4. The zero-order chi connectivity index (χ0) is 9.42. The number of carbonyl (C=O) groups excluding carboxylic acids is 1. The molecule has 2 aliphatic rings. The van der Waals surface area contributed by atoms with Gasteiger partial charge in [0.25, 0.3) is 0 Å². The Morgan fingerprint density at radius 3 is 2.85 bits per heavy atom. The van der Waals surface area contributed by atoms with Gasteiger partial charge >= 0.3 is 0 Å². The number of Topliss-reactive ketones (excluding diaryl/α,β-unsaturated/α-hetero) is 1. The van der Waals surface area contributed by atoms with Crippen LogP contribution >= 0.6 is 0 Å². The van der Waals surface area contributed by atoms with Crippen molar-refractivity contribution in [3.05, 3.63) is 12.2 Å². The topological polar surface area (TPSA) is 17.1 Å². The second-order valence-corrected chi connectivity index (χ2v) is 4.86. The fourth-order valence-electron chi connectivity index (χ4n) is 2.94. The van der Waals surface area contributed by atoms with Crippen molar-refractivity contribution in [2.75, 3.05) is 0 Å². The summed E-state index contributed by atoms with van der Waals surface area (Å²) < 4.78 is 0. The molecule has 0 aromatic carbocycles. The summed E-state index contributed by atoms with van der Waals surface area (Å²) in [6, 6.07) is 0. The highest BCUT2D eigenvalue weighted by molar-refractivity contribution is 5.81. The highest BCUT2D eigenvalue weighted by Gasteiger charge is 2.39. The Bertz CT molecular complexity index is 240. The summed E-state index contributed by atoms with van der Waals surface area (Å²) >= 11 is 0. The van der Waals surface area contributed by atoms with Crippen LogP contribution in [0.1, 0.15) is 33.1 Å². The van der Waals surface area contributed by atoms with Crippen LogP contribution in [-0.2, 0) is 4.79 Å². The molecular formula is C12H18O. The van der Waals surface area contributed by atoms with Crippen LogP contribution in [0.15, 0.2) is 12.2 Å². The average molecular weight is 178 g/mol. The Kier molecular flexibility index (Phi) is 2.27. The van der Waals surface area contributed by atoms with Crippen LogP contribution in [-0.4, -0.2) is 5.78 Å². The molecule has 0 bridgehead atoms. The van der Waals surface area contributed by atoms with Crippen molar-refractivity contribution >= 4 is 5.78 Å². The van der Waals surface area contributed by atoms with E-state index in [1.807, 2.05) is 0 Å². The highest BCUT2D eigenvalue weighted by Crippen LogP contribution is 2.43. The third kappa shape index (κ3) is 1.56. The van der Waals surface area contributed by atoms with Crippen molar-refractivity contribution < 1.29 is 4.79 Å². The third-order valence-electron chi connectivity index (χ3n) is 3.62. The van der Waals surface area contributed by atoms with Crippen LogP contribution in [0.2, 0.25) is 0 Å². The second-order valence-electron chi connectivity index (χ2n) is 4.86. The number of rotatable bonds is 1. The SMILES string of the molecule is CC(C)[C@H]1C=CC[C@H]2CC(=O)C[C@H]21. The summed E-state index contributed by atoms with van der Waals surface area (Å²) in [5.74, 6) is 3.17. The number of allylic oxidation sites excluding steroid dienone is 2. The van der Waals surface area contributed by atoms with Gasteiger partial charge in [0.2, 0.25) is 0 Å². The molecule has 3 atom stereocenters. The Morgan fingerprint density at radius 2 is 2.15 bits per heavy atom. The minimum atomic E-state index is 0.490. The van der Waals surface area contributed by atoms with Gasteiger partial charge in [-0.15, -0.1) is 0 Å². The standard InChI is InChI=1S/C12H18O/c1-8(2)11-5-3-4-9-6-10(13)7-12(9)11/h3,5,8-9,11-12H,4,6-7H2,1-2H3/t9-,11+,12+/m0/s1. The van der Waals surface area contributed by atoms with Gasteiger partial charge in [-0.2, -0.15) is 0 Å². The van der Waals surface area contributed by atoms with Crippen molar-refractivity contribution in [1.29, 1.82) is 0 Å². The van der Waals surface area contributed by atoms with E-state index in [9.17, 15) is 4.79 Å². The van der Waals surface area contributed by atoms with E-state index in [0.29, 0.717) is 29.5 Å². The molecule has 1 fully saturated rings.